The first kappa shape index (κ1) is 15.6. The molecule has 1 aromatic rings. The Morgan fingerprint density at radius 1 is 1.57 bits per heavy atom. The van der Waals surface area contributed by atoms with Gasteiger partial charge in [0.2, 0.25) is 0 Å². The summed E-state index contributed by atoms with van der Waals surface area (Å²) in [5, 5.41) is 21.4. The van der Waals surface area contributed by atoms with Crippen molar-refractivity contribution in [2.24, 2.45) is 5.92 Å². The molecule has 1 aliphatic rings. The average molecular weight is 308 g/mol. The van der Waals surface area contributed by atoms with Gasteiger partial charge < -0.3 is 15.3 Å². The topological polar surface area (TPSA) is 76.4 Å². The van der Waals surface area contributed by atoms with Crippen molar-refractivity contribution in [3.8, 4) is 6.07 Å². The van der Waals surface area contributed by atoms with Crippen molar-refractivity contribution in [3.05, 3.63) is 28.8 Å². The molecular weight excluding hydrogens is 290 g/mol. The molecular formula is C15H18ClN3O2. The highest BCUT2D eigenvalue weighted by atomic mass is 35.5. The zero-order valence-electron chi connectivity index (χ0n) is 11.7. The summed E-state index contributed by atoms with van der Waals surface area (Å²) in [6, 6.07) is 7.49. The SMILES string of the molecule is N#Cc1ccc(Cl)cc1N1CCCC(CNCC(=O)O)C1. The van der Waals surface area contributed by atoms with Crippen LogP contribution in [0.5, 0.6) is 0 Å². The minimum atomic E-state index is -0.843. The third kappa shape index (κ3) is 4.35. The molecule has 0 bridgehead atoms. The molecule has 2 rings (SSSR count). The van der Waals surface area contributed by atoms with Crippen LogP contribution in [-0.4, -0.2) is 37.3 Å². The lowest BCUT2D eigenvalue weighted by Crippen LogP contribution is -2.40. The molecule has 1 unspecified atom stereocenters. The fourth-order valence-corrected chi connectivity index (χ4v) is 2.86. The van der Waals surface area contributed by atoms with Crippen LogP contribution in [0.15, 0.2) is 18.2 Å². The molecule has 0 amide bonds. The molecule has 6 heteroatoms. The number of carboxylic acids is 1. The number of hydrogen-bond donors (Lipinski definition) is 2. The molecule has 112 valence electrons. The smallest absolute Gasteiger partial charge is 0.317 e. The first-order valence-electron chi connectivity index (χ1n) is 6.97. The molecule has 0 spiro atoms. The summed E-state index contributed by atoms with van der Waals surface area (Å²) < 4.78 is 0. The fraction of sp³-hybridized carbons (Fsp3) is 0.467. The van der Waals surface area contributed by atoms with Crippen molar-refractivity contribution in [1.82, 2.24) is 5.32 Å². The summed E-state index contributed by atoms with van der Waals surface area (Å²) in [4.78, 5) is 12.7. The molecule has 0 aliphatic carbocycles. The maximum Gasteiger partial charge on any atom is 0.317 e. The van der Waals surface area contributed by atoms with Gasteiger partial charge in [-0.15, -0.1) is 0 Å². The quantitative estimate of drug-likeness (QED) is 0.871. The van der Waals surface area contributed by atoms with Gasteiger partial charge in [-0.1, -0.05) is 11.6 Å². The fourth-order valence-electron chi connectivity index (χ4n) is 2.69. The predicted molar refractivity (Wildman–Crippen MR) is 81.6 cm³/mol. The van der Waals surface area contributed by atoms with E-state index in [9.17, 15) is 10.1 Å². The Hall–Kier alpha value is -1.77. The van der Waals surface area contributed by atoms with E-state index in [0.29, 0.717) is 23.0 Å². The second-order valence-corrected chi connectivity index (χ2v) is 5.69. The van der Waals surface area contributed by atoms with Crippen LogP contribution in [0.1, 0.15) is 18.4 Å². The number of anilines is 1. The van der Waals surface area contributed by atoms with Crippen LogP contribution in [0.3, 0.4) is 0 Å². The van der Waals surface area contributed by atoms with Gasteiger partial charge in [0.25, 0.3) is 0 Å². The van der Waals surface area contributed by atoms with E-state index in [4.69, 9.17) is 16.7 Å². The predicted octanol–water partition coefficient (Wildman–Crippen LogP) is 2.10. The van der Waals surface area contributed by atoms with Gasteiger partial charge in [0.05, 0.1) is 17.8 Å². The van der Waals surface area contributed by atoms with Gasteiger partial charge in [0, 0.05) is 24.7 Å². The van der Waals surface area contributed by atoms with E-state index in [-0.39, 0.29) is 6.54 Å². The Morgan fingerprint density at radius 3 is 3.10 bits per heavy atom. The maximum absolute atomic E-state index is 10.5. The zero-order valence-corrected chi connectivity index (χ0v) is 12.4. The Bertz CT molecular complexity index is 556. The molecule has 1 heterocycles. The van der Waals surface area contributed by atoms with Crippen LogP contribution >= 0.6 is 11.6 Å². The molecule has 1 fully saturated rings. The molecule has 1 atom stereocenters. The standard InChI is InChI=1S/C15H18ClN3O2/c16-13-4-3-12(7-17)14(6-13)19-5-1-2-11(10-19)8-18-9-15(20)21/h3-4,6,11,18H,1-2,5,8-10H2,(H,20,21). The minimum absolute atomic E-state index is 0.0168. The maximum atomic E-state index is 10.5. The summed E-state index contributed by atoms with van der Waals surface area (Å²) in [7, 11) is 0. The summed E-state index contributed by atoms with van der Waals surface area (Å²) in [5.41, 5.74) is 1.49. The zero-order chi connectivity index (χ0) is 15.2. The number of carbonyl (C=O) groups is 1. The summed E-state index contributed by atoms with van der Waals surface area (Å²) in [5.74, 6) is -0.465. The van der Waals surface area contributed by atoms with Gasteiger partial charge in [0.1, 0.15) is 6.07 Å². The number of rotatable bonds is 5. The lowest BCUT2D eigenvalue weighted by atomic mass is 9.97. The number of carboxylic acid groups (broad SMARTS) is 1. The summed E-state index contributed by atoms with van der Waals surface area (Å²) >= 11 is 6.03. The molecule has 0 radical (unpaired) electrons. The van der Waals surface area contributed by atoms with E-state index in [1.165, 1.54) is 0 Å². The minimum Gasteiger partial charge on any atom is -0.480 e. The number of aliphatic carboxylic acids is 1. The molecule has 5 nitrogen and oxygen atoms in total. The first-order valence-corrected chi connectivity index (χ1v) is 7.35. The van der Waals surface area contributed by atoms with Gasteiger partial charge in [-0.05, 0) is 37.0 Å². The van der Waals surface area contributed by atoms with Crippen LogP contribution in [0.4, 0.5) is 5.69 Å². The number of nitrogens with one attached hydrogen (secondary N) is 1. The summed E-state index contributed by atoms with van der Waals surface area (Å²) in [6.07, 6.45) is 2.09. The number of nitriles is 1. The van der Waals surface area contributed by atoms with Crippen molar-refractivity contribution in [2.75, 3.05) is 31.1 Å². The molecule has 1 aliphatic heterocycles. The molecule has 1 aromatic carbocycles. The average Bonchev–Trinajstić information content (AvgIpc) is 2.47. The van der Waals surface area contributed by atoms with Gasteiger partial charge in [0.15, 0.2) is 0 Å². The van der Waals surface area contributed by atoms with Crippen molar-refractivity contribution < 1.29 is 9.90 Å². The highest BCUT2D eigenvalue weighted by Gasteiger charge is 2.22. The van der Waals surface area contributed by atoms with Gasteiger partial charge in [-0.25, -0.2) is 0 Å². The number of nitrogens with zero attached hydrogens (tertiary/aromatic N) is 2. The number of benzene rings is 1. The van der Waals surface area contributed by atoms with Crippen LogP contribution < -0.4 is 10.2 Å². The van der Waals surface area contributed by atoms with Crippen LogP contribution in [0.25, 0.3) is 0 Å². The lowest BCUT2D eigenvalue weighted by molar-refractivity contribution is -0.136. The Labute approximate surface area is 129 Å². The van der Waals surface area contributed by atoms with Crippen molar-refractivity contribution in [1.29, 1.82) is 5.26 Å². The van der Waals surface area contributed by atoms with Crippen LogP contribution in [0, 0.1) is 17.2 Å². The third-order valence-corrected chi connectivity index (χ3v) is 3.88. The van der Waals surface area contributed by atoms with Crippen molar-refractivity contribution >= 4 is 23.3 Å². The van der Waals surface area contributed by atoms with E-state index in [2.05, 4.69) is 16.3 Å². The molecule has 1 saturated heterocycles. The molecule has 0 aromatic heterocycles. The highest BCUT2D eigenvalue weighted by Crippen LogP contribution is 2.28. The Kier molecular flexibility index (Phi) is 5.43. The third-order valence-electron chi connectivity index (χ3n) is 3.65. The molecule has 2 N–H and O–H groups in total. The van der Waals surface area contributed by atoms with E-state index in [0.717, 1.165) is 31.6 Å². The van der Waals surface area contributed by atoms with E-state index >= 15 is 0 Å². The number of halogens is 1. The molecule has 21 heavy (non-hydrogen) atoms. The van der Waals surface area contributed by atoms with E-state index in [1.54, 1.807) is 12.1 Å². The largest absolute Gasteiger partial charge is 0.480 e. The Balaban J connectivity index is 2.02. The summed E-state index contributed by atoms with van der Waals surface area (Å²) in [6.45, 7) is 2.36. The van der Waals surface area contributed by atoms with Crippen LogP contribution in [0.2, 0.25) is 5.02 Å². The second kappa shape index (κ2) is 7.30. The second-order valence-electron chi connectivity index (χ2n) is 5.25. The first-order chi connectivity index (χ1) is 10.1. The van der Waals surface area contributed by atoms with E-state index in [1.807, 2.05) is 6.07 Å². The van der Waals surface area contributed by atoms with E-state index < -0.39 is 5.97 Å². The normalized spacial score (nSPS) is 18.3. The van der Waals surface area contributed by atoms with Crippen molar-refractivity contribution in [3.63, 3.8) is 0 Å². The van der Waals surface area contributed by atoms with Gasteiger partial charge in [-0.2, -0.15) is 5.26 Å². The van der Waals surface area contributed by atoms with Gasteiger partial charge in [-0.3, -0.25) is 4.79 Å². The highest BCUT2D eigenvalue weighted by molar-refractivity contribution is 6.30. The number of hydrogen-bond acceptors (Lipinski definition) is 4. The molecule has 0 saturated carbocycles. The van der Waals surface area contributed by atoms with Gasteiger partial charge >= 0.3 is 5.97 Å². The lowest BCUT2D eigenvalue weighted by Gasteiger charge is -2.35. The number of piperidine rings is 1. The van der Waals surface area contributed by atoms with Crippen molar-refractivity contribution in [2.45, 2.75) is 12.8 Å². The monoisotopic (exact) mass is 307 g/mol. The Morgan fingerprint density at radius 2 is 2.38 bits per heavy atom. The van der Waals surface area contributed by atoms with Crippen LogP contribution in [-0.2, 0) is 4.79 Å².